The highest BCUT2D eigenvalue weighted by Gasteiger charge is 2.30. The minimum absolute atomic E-state index is 0.0706. The summed E-state index contributed by atoms with van der Waals surface area (Å²) < 4.78 is 37.1. The molecule has 1 fully saturated rings. The summed E-state index contributed by atoms with van der Waals surface area (Å²) >= 11 is 3.23. The van der Waals surface area contributed by atoms with E-state index in [2.05, 4.69) is 20.9 Å². The topological polar surface area (TPSA) is 68.7 Å². The highest BCUT2D eigenvalue weighted by atomic mass is 79.9. The van der Waals surface area contributed by atoms with Crippen LogP contribution < -0.4 is 4.74 Å². The van der Waals surface area contributed by atoms with Crippen molar-refractivity contribution < 1.29 is 17.9 Å². The van der Waals surface area contributed by atoms with Crippen molar-refractivity contribution in [2.24, 2.45) is 0 Å². The van der Waals surface area contributed by atoms with Crippen molar-refractivity contribution in [1.29, 1.82) is 0 Å². The molecule has 0 aromatic carbocycles. The normalized spacial score (nSPS) is 17.7. The van der Waals surface area contributed by atoms with Crippen LogP contribution in [0.15, 0.2) is 21.8 Å². The predicted octanol–water partition coefficient (Wildman–Crippen LogP) is 0.874. The Morgan fingerprint density at radius 1 is 1.39 bits per heavy atom. The van der Waals surface area contributed by atoms with Crippen molar-refractivity contribution >= 4 is 26.0 Å². The number of methoxy groups -OCH3 is 1. The fourth-order valence-corrected chi connectivity index (χ4v) is 3.87. The SMILES string of the molecule is COc1c(Br)cncc1S(=O)(=O)N1CCOCC1. The predicted molar refractivity (Wildman–Crippen MR) is 68.1 cm³/mol. The Kier molecular flexibility index (Phi) is 4.21. The van der Waals surface area contributed by atoms with Gasteiger partial charge in [-0.05, 0) is 15.9 Å². The molecule has 0 amide bonds. The molecule has 1 aliphatic heterocycles. The molecule has 8 heteroatoms. The first-order valence-corrected chi connectivity index (χ1v) is 7.56. The van der Waals surface area contributed by atoms with E-state index in [0.717, 1.165) is 0 Å². The van der Waals surface area contributed by atoms with Gasteiger partial charge in [0, 0.05) is 19.3 Å². The molecule has 0 aliphatic carbocycles. The van der Waals surface area contributed by atoms with Gasteiger partial charge in [0.1, 0.15) is 4.90 Å². The van der Waals surface area contributed by atoms with Gasteiger partial charge >= 0.3 is 0 Å². The first-order valence-electron chi connectivity index (χ1n) is 5.32. The minimum Gasteiger partial charge on any atom is -0.494 e. The summed E-state index contributed by atoms with van der Waals surface area (Å²) in [4.78, 5) is 3.96. The second-order valence-corrected chi connectivity index (χ2v) is 6.43. The summed E-state index contributed by atoms with van der Waals surface area (Å²) in [7, 11) is -2.16. The Bertz CT molecular complexity index is 529. The highest BCUT2D eigenvalue weighted by Crippen LogP contribution is 2.32. The monoisotopic (exact) mass is 336 g/mol. The van der Waals surface area contributed by atoms with E-state index in [0.29, 0.717) is 30.8 Å². The summed E-state index contributed by atoms with van der Waals surface area (Å²) in [5, 5.41) is 0. The van der Waals surface area contributed by atoms with Crippen LogP contribution in [0.3, 0.4) is 0 Å². The van der Waals surface area contributed by atoms with Crippen molar-refractivity contribution in [3.05, 3.63) is 16.9 Å². The van der Waals surface area contributed by atoms with Crippen molar-refractivity contribution in [3.8, 4) is 5.75 Å². The number of rotatable bonds is 3. The van der Waals surface area contributed by atoms with Gasteiger partial charge in [0.05, 0.1) is 31.0 Å². The molecule has 6 nitrogen and oxygen atoms in total. The van der Waals surface area contributed by atoms with Crippen molar-refractivity contribution in [3.63, 3.8) is 0 Å². The van der Waals surface area contributed by atoms with Gasteiger partial charge in [-0.25, -0.2) is 8.42 Å². The number of ether oxygens (including phenoxy) is 2. The fourth-order valence-electron chi connectivity index (χ4n) is 1.71. The molecule has 1 aromatic heterocycles. The van der Waals surface area contributed by atoms with Crippen LogP contribution in [0.2, 0.25) is 0 Å². The van der Waals surface area contributed by atoms with Gasteiger partial charge in [0.15, 0.2) is 5.75 Å². The van der Waals surface area contributed by atoms with Gasteiger partial charge in [-0.15, -0.1) is 0 Å². The Balaban J connectivity index is 2.43. The van der Waals surface area contributed by atoms with E-state index in [-0.39, 0.29) is 10.6 Å². The van der Waals surface area contributed by atoms with Gasteiger partial charge in [-0.1, -0.05) is 0 Å². The number of morpholine rings is 1. The van der Waals surface area contributed by atoms with Crippen LogP contribution >= 0.6 is 15.9 Å². The van der Waals surface area contributed by atoms with Gasteiger partial charge in [0.2, 0.25) is 10.0 Å². The molecule has 0 atom stereocenters. The van der Waals surface area contributed by atoms with Gasteiger partial charge < -0.3 is 9.47 Å². The summed E-state index contributed by atoms with van der Waals surface area (Å²) in [6, 6.07) is 0. The van der Waals surface area contributed by atoms with E-state index in [1.807, 2.05) is 0 Å². The Morgan fingerprint density at radius 2 is 2.06 bits per heavy atom. The Labute approximate surface area is 114 Å². The lowest BCUT2D eigenvalue weighted by molar-refractivity contribution is 0.0729. The molecule has 0 saturated carbocycles. The number of nitrogens with zero attached hydrogens (tertiary/aromatic N) is 2. The van der Waals surface area contributed by atoms with Crippen LogP contribution in [0.5, 0.6) is 5.75 Å². The van der Waals surface area contributed by atoms with Crippen molar-refractivity contribution in [2.75, 3.05) is 33.4 Å². The zero-order valence-corrected chi connectivity index (χ0v) is 12.2. The maximum Gasteiger partial charge on any atom is 0.248 e. The number of hydrogen-bond acceptors (Lipinski definition) is 5. The van der Waals surface area contributed by atoms with E-state index < -0.39 is 10.0 Å². The summed E-state index contributed by atoms with van der Waals surface area (Å²) in [5.41, 5.74) is 0. The van der Waals surface area contributed by atoms with E-state index in [4.69, 9.17) is 9.47 Å². The van der Waals surface area contributed by atoms with Crippen molar-refractivity contribution in [1.82, 2.24) is 9.29 Å². The van der Waals surface area contributed by atoms with Gasteiger partial charge in [-0.3, -0.25) is 4.98 Å². The number of sulfonamides is 1. The average Bonchev–Trinajstić information content (AvgIpc) is 2.39. The molecule has 0 bridgehead atoms. The number of pyridine rings is 1. The second-order valence-electron chi connectivity index (χ2n) is 3.67. The van der Waals surface area contributed by atoms with Crippen LogP contribution in [0, 0.1) is 0 Å². The third-order valence-corrected chi connectivity index (χ3v) is 5.07. The summed E-state index contributed by atoms with van der Waals surface area (Å²) in [6.45, 7) is 1.50. The standard InChI is InChI=1S/C10H13BrN2O4S/c1-16-10-8(11)6-12-7-9(10)18(14,15)13-2-4-17-5-3-13/h6-7H,2-5H2,1H3. The molecule has 0 N–H and O–H groups in total. The molecule has 0 unspecified atom stereocenters. The molecular weight excluding hydrogens is 324 g/mol. The number of hydrogen-bond donors (Lipinski definition) is 0. The maximum atomic E-state index is 12.4. The highest BCUT2D eigenvalue weighted by molar-refractivity contribution is 9.10. The molecule has 0 spiro atoms. The molecule has 18 heavy (non-hydrogen) atoms. The molecular formula is C10H13BrN2O4S. The van der Waals surface area contributed by atoms with Crippen LogP contribution in [0.4, 0.5) is 0 Å². The zero-order valence-electron chi connectivity index (χ0n) is 9.80. The second kappa shape index (κ2) is 5.52. The van der Waals surface area contributed by atoms with Crippen molar-refractivity contribution in [2.45, 2.75) is 4.90 Å². The van der Waals surface area contributed by atoms with E-state index in [1.165, 1.54) is 23.8 Å². The van der Waals surface area contributed by atoms with E-state index >= 15 is 0 Å². The lowest BCUT2D eigenvalue weighted by atomic mass is 10.4. The van der Waals surface area contributed by atoms with Gasteiger partial charge in [-0.2, -0.15) is 4.31 Å². The van der Waals surface area contributed by atoms with Crippen LogP contribution in [0.25, 0.3) is 0 Å². The first-order chi connectivity index (χ1) is 8.57. The number of aromatic nitrogens is 1. The molecule has 100 valence electrons. The van der Waals surface area contributed by atoms with Crippen LogP contribution in [0.1, 0.15) is 0 Å². The minimum atomic E-state index is -3.59. The molecule has 1 aliphatic rings. The smallest absolute Gasteiger partial charge is 0.248 e. The molecule has 0 radical (unpaired) electrons. The summed E-state index contributed by atoms with van der Waals surface area (Å²) in [6.07, 6.45) is 2.80. The van der Waals surface area contributed by atoms with E-state index in [9.17, 15) is 8.42 Å². The van der Waals surface area contributed by atoms with Crippen LogP contribution in [-0.4, -0.2) is 51.1 Å². The fraction of sp³-hybridized carbons (Fsp3) is 0.500. The number of halogens is 1. The zero-order chi connectivity index (χ0) is 13.2. The molecule has 1 aromatic rings. The largest absolute Gasteiger partial charge is 0.494 e. The van der Waals surface area contributed by atoms with Crippen LogP contribution in [-0.2, 0) is 14.8 Å². The Morgan fingerprint density at radius 3 is 2.67 bits per heavy atom. The average molecular weight is 337 g/mol. The lowest BCUT2D eigenvalue weighted by Crippen LogP contribution is -2.40. The molecule has 2 rings (SSSR count). The first kappa shape index (κ1) is 13.7. The quantitative estimate of drug-likeness (QED) is 0.819. The lowest BCUT2D eigenvalue weighted by Gasteiger charge is -2.26. The van der Waals surface area contributed by atoms with Gasteiger partial charge in [0.25, 0.3) is 0 Å². The Hall–Kier alpha value is -0.700. The van der Waals surface area contributed by atoms with E-state index in [1.54, 1.807) is 0 Å². The third kappa shape index (κ3) is 2.51. The maximum absolute atomic E-state index is 12.4. The third-order valence-electron chi connectivity index (χ3n) is 2.61. The summed E-state index contributed by atoms with van der Waals surface area (Å²) in [5.74, 6) is 0.275. The molecule has 1 saturated heterocycles. The molecule has 2 heterocycles.